The van der Waals surface area contributed by atoms with Crippen molar-refractivity contribution in [2.75, 3.05) is 13.2 Å². The third-order valence-corrected chi connectivity index (χ3v) is 4.20. The Morgan fingerprint density at radius 3 is 2.32 bits per heavy atom. The molecule has 0 saturated carbocycles. The van der Waals surface area contributed by atoms with Gasteiger partial charge in [-0.25, -0.2) is 10.2 Å². The molecule has 2 rings (SSSR count). The molecule has 0 fully saturated rings. The van der Waals surface area contributed by atoms with Crippen LogP contribution in [0.15, 0.2) is 59.7 Å². The molecule has 0 aliphatic heterocycles. The molecule has 0 spiro atoms. The minimum Gasteiger partial charge on any atom is -0.482 e. The van der Waals surface area contributed by atoms with Crippen molar-refractivity contribution in [3.63, 3.8) is 0 Å². The Balaban J connectivity index is 1.88. The second kappa shape index (κ2) is 12.1. The highest BCUT2D eigenvalue weighted by atomic mass is 16.6. The maximum Gasteiger partial charge on any atom is 0.344 e. The summed E-state index contributed by atoms with van der Waals surface area (Å²) in [6.45, 7) is 5.55. The summed E-state index contributed by atoms with van der Waals surface area (Å²) in [7, 11) is 0. The van der Waals surface area contributed by atoms with E-state index in [2.05, 4.69) is 15.8 Å². The van der Waals surface area contributed by atoms with Gasteiger partial charge in [0.2, 0.25) is 0 Å². The fourth-order valence-corrected chi connectivity index (χ4v) is 2.58. The molecule has 1 unspecified atom stereocenters. The molecule has 31 heavy (non-hydrogen) atoms. The lowest BCUT2D eigenvalue weighted by molar-refractivity contribution is -0.145. The lowest BCUT2D eigenvalue weighted by Gasteiger charge is -2.20. The van der Waals surface area contributed by atoms with E-state index in [-0.39, 0.29) is 18.4 Å². The molecule has 0 saturated heterocycles. The topological polar surface area (TPSA) is 106 Å². The van der Waals surface area contributed by atoms with Gasteiger partial charge >= 0.3 is 5.97 Å². The molecular weight excluding hydrogens is 398 g/mol. The number of hydrazone groups is 1. The van der Waals surface area contributed by atoms with Crippen LogP contribution >= 0.6 is 0 Å². The van der Waals surface area contributed by atoms with Crippen molar-refractivity contribution in [3.05, 3.63) is 65.7 Å². The van der Waals surface area contributed by atoms with E-state index in [9.17, 15) is 14.4 Å². The number of amides is 2. The lowest BCUT2D eigenvalue weighted by Crippen LogP contribution is -2.48. The Labute approximate surface area is 181 Å². The molecule has 0 aliphatic rings. The quantitative estimate of drug-likeness (QED) is 0.346. The number of nitrogens with zero attached hydrogens (tertiary/aromatic N) is 1. The molecule has 2 amide bonds. The molecule has 0 aromatic heterocycles. The number of carbonyl (C=O) groups excluding carboxylic acids is 3. The number of rotatable bonds is 10. The second-order valence-electron chi connectivity index (χ2n) is 6.96. The van der Waals surface area contributed by atoms with Gasteiger partial charge < -0.3 is 14.8 Å². The monoisotopic (exact) mass is 425 g/mol. The summed E-state index contributed by atoms with van der Waals surface area (Å²) in [5, 5.41) is 6.70. The van der Waals surface area contributed by atoms with Gasteiger partial charge in [0.25, 0.3) is 11.8 Å². The molecule has 8 heteroatoms. The molecule has 0 bridgehead atoms. The Morgan fingerprint density at radius 1 is 1.03 bits per heavy atom. The number of esters is 1. The summed E-state index contributed by atoms with van der Waals surface area (Å²) in [4.78, 5) is 36.2. The van der Waals surface area contributed by atoms with Crippen LogP contribution in [-0.4, -0.2) is 43.3 Å². The number of nitrogens with one attached hydrogen (secondary N) is 2. The molecule has 0 radical (unpaired) electrons. The first-order valence-electron chi connectivity index (χ1n) is 9.98. The Hall–Kier alpha value is -3.68. The summed E-state index contributed by atoms with van der Waals surface area (Å²) in [6.07, 6.45) is 1.48. The number of carbonyl (C=O) groups is 3. The minimum absolute atomic E-state index is 0.126. The van der Waals surface area contributed by atoms with Crippen molar-refractivity contribution in [2.45, 2.75) is 26.8 Å². The Morgan fingerprint density at radius 2 is 1.71 bits per heavy atom. The largest absolute Gasteiger partial charge is 0.482 e. The van der Waals surface area contributed by atoms with E-state index in [1.807, 2.05) is 19.9 Å². The van der Waals surface area contributed by atoms with Crippen LogP contribution in [0.5, 0.6) is 5.75 Å². The molecule has 1 atom stereocenters. The van der Waals surface area contributed by atoms with Crippen molar-refractivity contribution >= 4 is 24.0 Å². The maximum atomic E-state index is 12.5. The number of ether oxygens (including phenoxy) is 2. The van der Waals surface area contributed by atoms with E-state index in [1.54, 1.807) is 55.5 Å². The highest BCUT2D eigenvalue weighted by Gasteiger charge is 2.24. The van der Waals surface area contributed by atoms with Crippen LogP contribution < -0.4 is 15.5 Å². The average Bonchev–Trinajstić information content (AvgIpc) is 2.77. The van der Waals surface area contributed by atoms with Crippen LogP contribution in [-0.2, 0) is 14.3 Å². The predicted octanol–water partition coefficient (Wildman–Crippen LogP) is 2.53. The van der Waals surface area contributed by atoms with Crippen LogP contribution in [0.4, 0.5) is 0 Å². The summed E-state index contributed by atoms with van der Waals surface area (Å²) in [5.41, 5.74) is 3.66. The van der Waals surface area contributed by atoms with E-state index in [0.29, 0.717) is 17.9 Å². The van der Waals surface area contributed by atoms with Gasteiger partial charge in [-0.2, -0.15) is 5.10 Å². The zero-order valence-electron chi connectivity index (χ0n) is 17.8. The molecule has 164 valence electrons. The van der Waals surface area contributed by atoms with E-state index in [0.717, 1.165) is 5.56 Å². The van der Waals surface area contributed by atoms with Crippen LogP contribution in [0.1, 0.15) is 36.7 Å². The van der Waals surface area contributed by atoms with Gasteiger partial charge in [-0.05, 0) is 54.8 Å². The van der Waals surface area contributed by atoms with Crippen molar-refractivity contribution in [2.24, 2.45) is 11.0 Å². The van der Waals surface area contributed by atoms with Crippen molar-refractivity contribution in [3.8, 4) is 5.75 Å². The lowest BCUT2D eigenvalue weighted by atomic mass is 10.0. The normalized spacial score (nSPS) is 11.7. The number of hydrogen-bond acceptors (Lipinski definition) is 6. The first-order chi connectivity index (χ1) is 14.9. The van der Waals surface area contributed by atoms with Crippen molar-refractivity contribution < 1.29 is 23.9 Å². The van der Waals surface area contributed by atoms with E-state index in [4.69, 9.17) is 9.47 Å². The average molecular weight is 425 g/mol. The zero-order chi connectivity index (χ0) is 22.6. The number of benzene rings is 2. The summed E-state index contributed by atoms with van der Waals surface area (Å²) >= 11 is 0. The SMILES string of the molecule is CCOC(=O)COc1ccc(C=NNC(=O)C(NC(=O)c2ccccc2)C(C)C)cc1. The van der Waals surface area contributed by atoms with Gasteiger partial charge in [0.15, 0.2) is 6.61 Å². The molecule has 8 nitrogen and oxygen atoms in total. The van der Waals surface area contributed by atoms with Crippen molar-refractivity contribution in [1.82, 2.24) is 10.7 Å². The molecule has 0 heterocycles. The van der Waals surface area contributed by atoms with Crippen LogP contribution in [0.2, 0.25) is 0 Å². The summed E-state index contributed by atoms with van der Waals surface area (Å²) < 4.78 is 10.1. The van der Waals surface area contributed by atoms with E-state index < -0.39 is 17.9 Å². The fraction of sp³-hybridized carbons (Fsp3) is 0.304. The van der Waals surface area contributed by atoms with Crippen LogP contribution in [0.3, 0.4) is 0 Å². The highest BCUT2D eigenvalue weighted by molar-refractivity contribution is 5.97. The zero-order valence-corrected chi connectivity index (χ0v) is 17.8. The molecule has 2 aromatic carbocycles. The van der Waals surface area contributed by atoms with Gasteiger partial charge in [-0.3, -0.25) is 9.59 Å². The van der Waals surface area contributed by atoms with Crippen LogP contribution in [0, 0.1) is 5.92 Å². The predicted molar refractivity (Wildman–Crippen MR) is 117 cm³/mol. The van der Waals surface area contributed by atoms with Gasteiger partial charge in [-0.1, -0.05) is 32.0 Å². The van der Waals surface area contributed by atoms with Gasteiger partial charge in [0, 0.05) is 5.56 Å². The smallest absolute Gasteiger partial charge is 0.344 e. The fourth-order valence-electron chi connectivity index (χ4n) is 2.58. The summed E-state index contributed by atoms with van der Waals surface area (Å²) in [6, 6.07) is 14.8. The number of hydrogen-bond donors (Lipinski definition) is 2. The van der Waals surface area contributed by atoms with E-state index in [1.165, 1.54) is 6.21 Å². The van der Waals surface area contributed by atoms with Crippen LogP contribution in [0.25, 0.3) is 0 Å². The standard InChI is InChI=1S/C23H27N3O5/c1-4-30-20(27)15-31-19-12-10-17(11-13-19)14-24-26-23(29)21(16(2)3)25-22(28)18-8-6-5-7-9-18/h5-14,16,21H,4,15H2,1-3H3,(H,25,28)(H,26,29). The summed E-state index contributed by atoms with van der Waals surface area (Å²) in [5.74, 6) is -0.784. The van der Waals surface area contributed by atoms with E-state index >= 15 is 0 Å². The van der Waals surface area contributed by atoms with Gasteiger partial charge in [0.05, 0.1) is 12.8 Å². The first-order valence-corrected chi connectivity index (χ1v) is 9.98. The second-order valence-corrected chi connectivity index (χ2v) is 6.96. The third-order valence-electron chi connectivity index (χ3n) is 4.20. The van der Waals surface area contributed by atoms with Gasteiger partial charge in [-0.15, -0.1) is 0 Å². The molecule has 2 N–H and O–H groups in total. The molecule has 0 aliphatic carbocycles. The first kappa shape index (κ1) is 23.6. The third kappa shape index (κ3) is 7.93. The molecular formula is C23H27N3O5. The minimum atomic E-state index is -0.733. The van der Waals surface area contributed by atoms with Gasteiger partial charge in [0.1, 0.15) is 11.8 Å². The van der Waals surface area contributed by atoms with Crippen molar-refractivity contribution in [1.29, 1.82) is 0 Å². The molecule has 2 aromatic rings. The Kier molecular flexibility index (Phi) is 9.22. The maximum absolute atomic E-state index is 12.5. The highest BCUT2D eigenvalue weighted by Crippen LogP contribution is 2.11. The Bertz CT molecular complexity index is 895.